The first-order chi connectivity index (χ1) is 7.99. The summed E-state index contributed by atoms with van der Waals surface area (Å²) in [6, 6.07) is 3.08. The molecule has 1 aromatic heterocycles. The topological polar surface area (TPSA) is 66.4 Å². The summed E-state index contributed by atoms with van der Waals surface area (Å²) >= 11 is 2.79. The maximum absolute atomic E-state index is 11.9. The molecule has 1 heterocycles. The number of thioether (sulfide) groups is 1. The molecule has 0 aliphatic carbocycles. The largest absolute Gasteiger partial charge is 0.391 e. The maximum Gasteiger partial charge on any atom is 0.250 e. The standard InChI is InChI=1S/C10H17NO3S3/c1-8(5-6-15-2)11-17(13,14)10-4-3-9(7-12)16-10/h3-4,8,11-12H,5-7H2,1-2H3. The highest BCUT2D eigenvalue weighted by molar-refractivity contribution is 7.98. The molecule has 98 valence electrons. The van der Waals surface area contributed by atoms with Crippen molar-refractivity contribution in [1.82, 2.24) is 4.72 Å². The van der Waals surface area contributed by atoms with Gasteiger partial charge in [-0.05, 0) is 37.5 Å². The Morgan fingerprint density at radius 1 is 1.53 bits per heavy atom. The summed E-state index contributed by atoms with van der Waals surface area (Å²) in [7, 11) is -3.43. The van der Waals surface area contributed by atoms with Crippen LogP contribution in [-0.4, -0.2) is 31.6 Å². The second-order valence-electron chi connectivity index (χ2n) is 3.68. The molecule has 0 aromatic carbocycles. The Morgan fingerprint density at radius 2 is 2.24 bits per heavy atom. The van der Waals surface area contributed by atoms with E-state index in [-0.39, 0.29) is 16.9 Å². The van der Waals surface area contributed by atoms with Crippen molar-refractivity contribution in [3.05, 3.63) is 17.0 Å². The van der Waals surface area contributed by atoms with Gasteiger partial charge >= 0.3 is 0 Å². The average molecular weight is 295 g/mol. The van der Waals surface area contributed by atoms with E-state index >= 15 is 0 Å². The average Bonchev–Trinajstić information content (AvgIpc) is 2.75. The second kappa shape index (κ2) is 6.75. The third-order valence-electron chi connectivity index (χ3n) is 2.17. The van der Waals surface area contributed by atoms with Gasteiger partial charge in [-0.25, -0.2) is 13.1 Å². The molecule has 7 heteroatoms. The van der Waals surface area contributed by atoms with Crippen molar-refractivity contribution in [2.24, 2.45) is 0 Å². The number of sulfonamides is 1. The van der Waals surface area contributed by atoms with Crippen molar-refractivity contribution in [2.75, 3.05) is 12.0 Å². The van der Waals surface area contributed by atoms with Crippen LogP contribution in [0.15, 0.2) is 16.3 Å². The van der Waals surface area contributed by atoms with Crippen LogP contribution in [0.4, 0.5) is 0 Å². The Bertz CT molecular complexity index is 441. The monoisotopic (exact) mass is 295 g/mol. The van der Waals surface area contributed by atoms with Gasteiger partial charge in [-0.15, -0.1) is 11.3 Å². The Balaban J connectivity index is 2.68. The summed E-state index contributed by atoms with van der Waals surface area (Å²) in [5.74, 6) is 0.927. The highest BCUT2D eigenvalue weighted by atomic mass is 32.2. The van der Waals surface area contributed by atoms with Crippen molar-refractivity contribution in [2.45, 2.75) is 30.2 Å². The summed E-state index contributed by atoms with van der Waals surface area (Å²) in [6.45, 7) is 1.73. The van der Waals surface area contributed by atoms with Crippen LogP contribution in [0.25, 0.3) is 0 Å². The molecule has 1 unspecified atom stereocenters. The molecule has 4 nitrogen and oxygen atoms in total. The van der Waals surface area contributed by atoms with Gasteiger partial charge in [0.1, 0.15) is 4.21 Å². The van der Waals surface area contributed by atoms with E-state index < -0.39 is 10.0 Å². The van der Waals surface area contributed by atoms with Gasteiger partial charge in [0.05, 0.1) is 6.61 Å². The Morgan fingerprint density at radius 3 is 2.76 bits per heavy atom. The van der Waals surface area contributed by atoms with Gasteiger partial charge in [0.15, 0.2) is 0 Å². The first kappa shape index (κ1) is 15.0. The molecule has 0 amide bonds. The lowest BCUT2D eigenvalue weighted by Gasteiger charge is -2.12. The van der Waals surface area contributed by atoms with E-state index in [0.717, 1.165) is 23.5 Å². The predicted molar refractivity (Wildman–Crippen MR) is 73.0 cm³/mol. The molecule has 17 heavy (non-hydrogen) atoms. The molecule has 0 aliphatic heterocycles. The fourth-order valence-electron chi connectivity index (χ4n) is 1.26. The molecule has 0 radical (unpaired) electrons. The molecule has 1 atom stereocenters. The van der Waals surface area contributed by atoms with Crippen LogP contribution >= 0.6 is 23.1 Å². The van der Waals surface area contributed by atoms with Crippen molar-refractivity contribution < 1.29 is 13.5 Å². The smallest absolute Gasteiger partial charge is 0.250 e. The van der Waals surface area contributed by atoms with E-state index in [0.29, 0.717) is 4.88 Å². The number of rotatable bonds is 7. The lowest BCUT2D eigenvalue weighted by molar-refractivity contribution is 0.285. The van der Waals surface area contributed by atoms with Crippen LogP contribution < -0.4 is 4.72 Å². The van der Waals surface area contributed by atoms with E-state index in [4.69, 9.17) is 5.11 Å². The minimum Gasteiger partial charge on any atom is -0.391 e. The third-order valence-corrected chi connectivity index (χ3v) is 5.96. The van der Waals surface area contributed by atoms with E-state index in [1.54, 1.807) is 17.8 Å². The van der Waals surface area contributed by atoms with Gasteiger partial charge in [-0.1, -0.05) is 0 Å². The molecule has 0 bridgehead atoms. The summed E-state index contributed by atoms with van der Waals surface area (Å²) in [4.78, 5) is 0.655. The highest BCUT2D eigenvalue weighted by Gasteiger charge is 2.19. The van der Waals surface area contributed by atoms with Crippen LogP contribution in [0.5, 0.6) is 0 Å². The zero-order valence-corrected chi connectivity index (χ0v) is 12.3. The molecule has 0 aliphatic rings. The molecular formula is C10H17NO3S3. The zero-order valence-electron chi connectivity index (χ0n) is 9.84. The van der Waals surface area contributed by atoms with Crippen LogP contribution in [0.2, 0.25) is 0 Å². The van der Waals surface area contributed by atoms with Crippen LogP contribution in [0, 0.1) is 0 Å². The molecular weight excluding hydrogens is 278 g/mol. The van der Waals surface area contributed by atoms with Crippen LogP contribution in [-0.2, 0) is 16.6 Å². The van der Waals surface area contributed by atoms with E-state index in [1.165, 1.54) is 6.07 Å². The number of hydrogen-bond acceptors (Lipinski definition) is 5. The first-order valence-corrected chi connectivity index (χ1v) is 8.89. The van der Waals surface area contributed by atoms with Crippen molar-refractivity contribution >= 4 is 33.1 Å². The van der Waals surface area contributed by atoms with Gasteiger partial charge in [-0.3, -0.25) is 0 Å². The lowest BCUT2D eigenvalue weighted by Crippen LogP contribution is -2.32. The minimum atomic E-state index is -3.43. The number of aliphatic hydroxyl groups excluding tert-OH is 1. The maximum atomic E-state index is 11.9. The fourth-order valence-corrected chi connectivity index (χ4v) is 4.36. The highest BCUT2D eigenvalue weighted by Crippen LogP contribution is 2.21. The number of nitrogens with one attached hydrogen (secondary N) is 1. The SMILES string of the molecule is CSCCC(C)NS(=O)(=O)c1ccc(CO)s1. The van der Waals surface area contributed by atoms with Crippen LogP contribution in [0.3, 0.4) is 0 Å². The quantitative estimate of drug-likeness (QED) is 0.803. The van der Waals surface area contributed by atoms with E-state index in [9.17, 15) is 8.42 Å². The summed E-state index contributed by atoms with van der Waals surface area (Å²) in [5.41, 5.74) is 0. The summed E-state index contributed by atoms with van der Waals surface area (Å²) in [5, 5.41) is 8.91. The number of hydrogen-bond donors (Lipinski definition) is 2. The number of aliphatic hydroxyl groups is 1. The molecule has 0 saturated carbocycles. The lowest BCUT2D eigenvalue weighted by atomic mass is 10.3. The van der Waals surface area contributed by atoms with Crippen molar-refractivity contribution in [3.63, 3.8) is 0 Å². The Kier molecular flexibility index (Phi) is 5.94. The van der Waals surface area contributed by atoms with E-state index in [2.05, 4.69) is 4.72 Å². The van der Waals surface area contributed by atoms with Gasteiger partial charge in [0, 0.05) is 10.9 Å². The normalized spacial score (nSPS) is 13.8. The van der Waals surface area contributed by atoms with Crippen molar-refractivity contribution in [1.29, 1.82) is 0 Å². The van der Waals surface area contributed by atoms with Crippen molar-refractivity contribution in [3.8, 4) is 0 Å². The summed E-state index contributed by atoms with van der Waals surface area (Å²) in [6.07, 6.45) is 2.80. The Hall–Kier alpha value is -0.0800. The summed E-state index contributed by atoms with van der Waals surface area (Å²) < 4.78 is 26.8. The molecule has 0 spiro atoms. The molecule has 1 aromatic rings. The van der Waals surface area contributed by atoms with E-state index in [1.807, 2.05) is 13.2 Å². The molecule has 1 rings (SSSR count). The van der Waals surface area contributed by atoms with Gasteiger partial charge in [0.25, 0.3) is 0 Å². The third kappa shape index (κ3) is 4.59. The predicted octanol–water partition coefficient (Wildman–Crippen LogP) is 1.66. The molecule has 2 N–H and O–H groups in total. The van der Waals surface area contributed by atoms with Gasteiger partial charge < -0.3 is 5.11 Å². The van der Waals surface area contributed by atoms with Crippen LogP contribution in [0.1, 0.15) is 18.2 Å². The molecule has 0 fully saturated rings. The minimum absolute atomic E-state index is 0.0767. The van der Waals surface area contributed by atoms with Gasteiger partial charge in [-0.2, -0.15) is 11.8 Å². The number of thiophene rings is 1. The van der Waals surface area contributed by atoms with Gasteiger partial charge in [0.2, 0.25) is 10.0 Å². The second-order valence-corrected chi connectivity index (χ2v) is 7.78. The fraction of sp³-hybridized carbons (Fsp3) is 0.600. The molecule has 0 saturated heterocycles. The Labute approximate surface area is 110 Å². The zero-order chi connectivity index (χ0) is 12.9. The first-order valence-electron chi connectivity index (χ1n) is 5.20.